The molecule has 1 aliphatic carbocycles. The van der Waals surface area contributed by atoms with Crippen molar-refractivity contribution < 1.29 is 13.9 Å². The van der Waals surface area contributed by atoms with Crippen molar-refractivity contribution in [3.05, 3.63) is 76.0 Å². The van der Waals surface area contributed by atoms with Crippen LogP contribution in [0.1, 0.15) is 37.1 Å². The van der Waals surface area contributed by atoms with Gasteiger partial charge < -0.3 is 10.1 Å². The molecule has 1 aliphatic heterocycles. The first-order chi connectivity index (χ1) is 13.5. The summed E-state index contributed by atoms with van der Waals surface area (Å²) < 4.78 is 18.9. The van der Waals surface area contributed by atoms with Gasteiger partial charge in [0.1, 0.15) is 27.8 Å². The summed E-state index contributed by atoms with van der Waals surface area (Å²) in [6.07, 6.45) is 2.78. The van der Waals surface area contributed by atoms with E-state index in [4.69, 9.17) is 21.3 Å². The van der Waals surface area contributed by atoms with Crippen molar-refractivity contribution in [1.82, 2.24) is 10.3 Å². The van der Waals surface area contributed by atoms with Gasteiger partial charge in [-0.05, 0) is 48.2 Å². The van der Waals surface area contributed by atoms with Crippen molar-refractivity contribution in [3.8, 4) is 0 Å². The van der Waals surface area contributed by atoms with Crippen molar-refractivity contribution in [1.29, 1.82) is 0 Å². The number of aryl methyl sites for hydroxylation is 1. The van der Waals surface area contributed by atoms with Gasteiger partial charge in [-0.15, -0.1) is 0 Å². The van der Waals surface area contributed by atoms with Gasteiger partial charge in [0.2, 0.25) is 0 Å². The van der Waals surface area contributed by atoms with Crippen LogP contribution in [0.2, 0.25) is 0 Å². The van der Waals surface area contributed by atoms with E-state index in [9.17, 15) is 9.18 Å². The Labute approximate surface area is 168 Å². The number of nitrogens with one attached hydrogen (secondary N) is 1. The topological polar surface area (TPSA) is 63.6 Å². The summed E-state index contributed by atoms with van der Waals surface area (Å²) in [6, 6.07) is 9.95. The van der Waals surface area contributed by atoms with E-state index in [1.807, 2.05) is 19.9 Å². The zero-order chi connectivity index (χ0) is 20.3. The number of methoxy groups -OCH3 is 1. The molecule has 5 nitrogen and oxygen atoms in total. The predicted molar refractivity (Wildman–Crippen MR) is 107 cm³/mol. The third-order valence-electron chi connectivity index (χ3n) is 4.73. The number of carbonyl (C=O) groups excluding carboxylic acids is 1. The van der Waals surface area contributed by atoms with Crippen molar-refractivity contribution >= 4 is 23.4 Å². The molecule has 1 spiro atoms. The summed E-state index contributed by atoms with van der Waals surface area (Å²) in [5.41, 5.74) is 1.23. The van der Waals surface area contributed by atoms with Crippen LogP contribution in [0, 0.1) is 5.82 Å². The first-order valence-electron chi connectivity index (χ1n) is 9.11. The maximum absolute atomic E-state index is 14.0. The van der Waals surface area contributed by atoms with E-state index in [0.29, 0.717) is 29.9 Å². The van der Waals surface area contributed by atoms with Gasteiger partial charge in [0.15, 0.2) is 5.84 Å². The van der Waals surface area contributed by atoms with E-state index in [1.165, 1.54) is 19.2 Å². The number of aliphatic imine (C=N–C) groups is 1. The highest BCUT2D eigenvalue weighted by molar-refractivity contribution is 6.33. The molecule has 0 fully saturated rings. The Balaban J connectivity index is 0.00000109. The van der Waals surface area contributed by atoms with Crippen LogP contribution in [0.25, 0.3) is 0 Å². The summed E-state index contributed by atoms with van der Waals surface area (Å²) in [5.74, 6) is -0.553. The first kappa shape index (κ1) is 20.0. The van der Waals surface area contributed by atoms with E-state index < -0.39 is 17.3 Å². The molecule has 1 unspecified atom stereocenters. The van der Waals surface area contributed by atoms with Crippen molar-refractivity contribution in [2.75, 3.05) is 7.11 Å². The first-order valence-corrected chi connectivity index (χ1v) is 9.49. The van der Waals surface area contributed by atoms with E-state index in [-0.39, 0.29) is 10.7 Å². The molecule has 1 atom stereocenters. The second kappa shape index (κ2) is 8.10. The molecule has 28 heavy (non-hydrogen) atoms. The molecule has 146 valence electrons. The molecule has 7 heteroatoms. The van der Waals surface area contributed by atoms with Crippen molar-refractivity contribution in [2.45, 2.75) is 32.2 Å². The van der Waals surface area contributed by atoms with E-state index in [1.54, 1.807) is 24.4 Å². The Hall–Kier alpha value is -2.73. The second-order valence-electron chi connectivity index (χ2n) is 6.14. The molecule has 0 radical (unpaired) electrons. The van der Waals surface area contributed by atoms with Crippen LogP contribution in [-0.2, 0) is 21.5 Å². The lowest BCUT2D eigenvalue weighted by molar-refractivity contribution is -0.137. The Morgan fingerprint density at radius 2 is 2.07 bits per heavy atom. The molecule has 1 aromatic carbocycles. The average molecular weight is 402 g/mol. The monoisotopic (exact) mass is 401 g/mol. The van der Waals surface area contributed by atoms with Crippen LogP contribution in [0.4, 0.5) is 4.39 Å². The number of aromatic nitrogens is 1. The number of halogens is 2. The summed E-state index contributed by atoms with van der Waals surface area (Å²) >= 11 is 6.44. The number of carbonyl (C=O) groups is 1. The Bertz CT molecular complexity index is 959. The molecule has 0 saturated heterocycles. The Morgan fingerprint density at radius 3 is 2.75 bits per heavy atom. The fourth-order valence-electron chi connectivity index (χ4n) is 3.59. The highest BCUT2D eigenvalue weighted by Gasteiger charge is 2.49. The molecule has 4 rings (SSSR count). The van der Waals surface area contributed by atoms with Crippen LogP contribution in [0.5, 0.6) is 0 Å². The Morgan fingerprint density at radius 1 is 1.29 bits per heavy atom. The number of amidine groups is 1. The van der Waals surface area contributed by atoms with E-state index in [0.717, 1.165) is 5.56 Å². The summed E-state index contributed by atoms with van der Waals surface area (Å²) in [5, 5.41) is 3.05. The molecular formula is C21H21ClFN3O2. The maximum Gasteiger partial charge on any atom is 0.339 e. The SMILES string of the molecule is CC.COC(=O)C1=C(Cl)NC(c2ccccn2)=NC12CCc1ccc(F)cc12. The number of hydrogen-bond donors (Lipinski definition) is 1. The molecule has 2 aromatic rings. The summed E-state index contributed by atoms with van der Waals surface area (Å²) in [7, 11) is 1.28. The number of esters is 1. The van der Waals surface area contributed by atoms with Gasteiger partial charge in [-0.2, -0.15) is 0 Å². The largest absolute Gasteiger partial charge is 0.465 e. The minimum Gasteiger partial charge on any atom is -0.465 e. The van der Waals surface area contributed by atoms with Crippen LogP contribution < -0.4 is 5.32 Å². The second-order valence-corrected chi connectivity index (χ2v) is 6.52. The molecule has 0 amide bonds. The molecule has 1 aromatic heterocycles. The molecule has 1 N–H and O–H groups in total. The standard InChI is InChI=1S/C19H15ClFN3O2.C2H6/c1-26-18(25)15-16(20)23-17(14-4-2-3-9-22-14)24-19(15)8-7-11-5-6-12(21)10-13(11)19;1-2/h2-6,9-10H,7-8H2,1H3,(H,23,24);1-2H3. The highest BCUT2D eigenvalue weighted by atomic mass is 35.5. The number of benzene rings is 1. The average Bonchev–Trinajstić information content (AvgIpc) is 3.07. The van der Waals surface area contributed by atoms with Crippen LogP contribution >= 0.6 is 11.6 Å². The molecule has 0 bridgehead atoms. The van der Waals surface area contributed by atoms with E-state index >= 15 is 0 Å². The Kier molecular flexibility index (Phi) is 5.79. The molecule has 2 aliphatic rings. The number of ether oxygens (including phenoxy) is 1. The van der Waals surface area contributed by atoms with Gasteiger partial charge >= 0.3 is 5.97 Å². The summed E-state index contributed by atoms with van der Waals surface area (Å²) in [6.45, 7) is 4.00. The third kappa shape index (κ3) is 3.29. The summed E-state index contributed by atoms with van der Waals surface area (Å²) in [4.78, 5) is 21.6. The van der Waals surface area contributed by atoms with E-state index in [2.05, 4.69) is 10.3 Å². The fraction of sp³-hybridized carbons (Fsp3) is 0.286. The van der Waals surface area contributed by atoms with Gasteiger partial charge in [0, 0.05) is 6.20 Å². The normalized spacial score (nSPS) is 20.0. The van der Waals surface area contributed by atoms with Gasteiger partial charge in [-0.25, -0.2) is 14.2 Å². The number of hydrogen-bond acceptors (Lipinski definition) is 5. The van der Waals surface area contributed by atoms with Gasteiger partial charge in [-0.1, -0.05) is 37.6 Å². The van der Waals surface area contributed by atoms with Crippen LogP contribution in [-0.4, -0.2) is 23.9 Å². The molecular weight excluding hydrogens is 381 g/mol. The molecule has 0 saturated carbocycles. The lowest BCUT2D eigenvalue weighted by atomic mass is 9.83. The minimum atomic E-state index is -1.10. The van der Waals surface area contributed by atoms with Crippen LogP contribution in [0.3, 0.4) is 0 Å². The highest BCUT2D eigenvalue weighted by Crippen LogP contribution is 2.49. The van der Waals surface area contributed by atoms with Gasteiger partial charge in [-0.3, -0.25) is 4.98 Å². The van der Waals surface area contributed by atoms with Crippen LogP contribution in [0.15, 0.2) is 58.3 Å². The number of rotatable bonds is 2. The fourth-order valence-corrected chi connectivity index (χ4v) is 3.91. The van der Waals surface area contributed by atoms with Crippen molar-refractivity contribution in [2.24, 2.45) is 4.99 Å². The van der Waals surface area contributed by atoms with Gasteiger partial charge in [0.25, 0.3) is 0 Å². The van der Waals surface area contributed by atoms with Gasteiger partial charge in [0.05, 0.1) is 7.11 Å². The number of fused-ring (bicyclic) bond motifs is 2. The smallest absolute Gasteiger partial charge is 0.339 e. The third-order valence-corrected chi connectivity index (χ3v) is 5.02. The lowest BCUT2D eigenvalue weighted by Crippen LogP contribution is -2.41. The maximum atomic E-state index is 14.0. The zero-order valence-corrected chi connectivity index (χ0v) is 16.7. The lowest BCUT2D eigenvalue weighted by Gasteiger charge is -2.33. The predicted octanol–water partition coefficient (Wildman–Crippen LogP) is 4.06. The number of pyridine rings is 1. The molecule has 2 heterocycles. The van der Waals surface area contributed by atoms with Crippen molar-refractivity contribution in [3.63, 3.8) is 0 Å². The zero-order valence-electron chi connectivity index (χ0n) is 15.9. The number of nitrogens with zero attached hydrogens (tertiary/aromatic N) is 2. The quantitative estimate of drug-likeness (QED) is 0.608. The minimum absolute atomic E-state index is 0.115.